The topological polar surface area (TPSA) is 65.3 Å². The predicted octanol–water partition coefficient (Wildman–Crippen LogP) is 2.82. The highest BCUT2D eigenvalue weighted by molar-refractivity contribution is 5.50. The lowest BCUT2D eigenvalue weighted by atomic mass is 9.76. The molecule has 2 atom stereocenters. The zero-order valence-electron chi connectivity index (χ0n) is 12.8. The predicted molar refractivity (Wildman–Crippen MR) is 80.8 cm³/mol. The molecule has 0 amide bonds. The molecule has 1 aliphatic carbocycles. The van der Waals surface area contributed by atoms with Crippen LogP contribution in [0.3, 0.4) is 0 Å². The minimum absolute atomic E-state index is 0.0393. The van der Waals surface area contributed by atoms with E-state index < -0.39 is 17.7 Å². The van der Waals surface area contributed by atoms with Crippen LogP contribution in [-0.2, 0) is 4.74 Å². The molecule has 2 N–H and O–H groups in total. The monoisotopic (exact) mass is 322 g/mol. The number of benzene rings is 1. The van der Waals surface area contributed by atoms with Crippen LogP contribution in [0.2, 0.25) is 0 Å². The van der Waals surface area contributed by atoms with Crippen LogP contribution in [0.5, 0.6) is 0 Å². The molecule has 1 saturated carbocycles. The summed E-state index contributed by atoms with van der Waals surface area (Å²) < 4.78 is 33.1. The van der Waals surface area contributed by atoms with Gasteiger partial charge in [0, 0.05) is 31.1 Å². The highest BCUT2D eigenvalue weighted by Gasteiger charge is 2.48. The van der Waals surface area contributed by atoms with Crippen LogP contribution >= 0.6 is 0 Å². The largest absolute Gasteiger partial charge is 0.392 e. The van der Waals surface area contributed by atoms with Crippen LogP contribution in [0.25, 0.3) is 0 Å². The van der Waals surface area contributed by atoms with Crippen molar-refractivity contribution in [3.8, 4) is 6.07 Å². The summed E-state index contributed by atoms with van der Waals surface area (Å²) in [5.41, 5.74) is -0.386. The minimum atomic E-state index is -0.783. The lowest BCUT2D eigenvalue weighted by Gasteiger charge is -2.37. The van der Waals surface area contributed by atoms with Crippen molar-refractivity contribution in [1.29, 1.82) is 5.26 Å². The van der Waals surface area contributed by atoms with Crippen molar-refractivity contribution in [3.05, 3.63) is 29.3 Å². The average Bonchev–Trinajstić information content (AvgIpc) is 2.84. The Kier molecular flexibility index (Phi) is 4.51. The maximum atomic E-state index is 13.9. The molecule has 0 unspecified atom stereocenters. The zero-order chi connectivity index (χ0) is 16.4. The summed E-state index contributed by atoms with van der Waals surface area (Å²) in [6.45, 7) is 1.63. The second-order valence-electron chi connectivity index (χ2n) is 6.53. The second kappa shape index (κ2) is 6.42. The summed E-state index contributed by atoms with van der Waals surface area (Å²) in [5, 5.41) is 22.1. The van der Waals surface area contributed by atoms with Crippen LogP contribution in [0, 0.1) is 34.3 Å². The number of rotatable bonds is 3. The third kappa shape index (κ3) is 3.04. The van der Waals surface area contributed by atoms with Gasteiger partial charge in [-0.25, -0.2) is 8.78 Å². The number of ether oxygens (including phenoxy) is 1. The van der Waals surface area contributed by atoms with Gasteiger partial charge < -0.3 is 15.2 Å². The molecule has 0 radical (unpaired) electrons. The van der Waals surface area contributed by atoms with Gasteiger partial charge in [0.2, 0.25) is 0 Å². The van der Waals surface area contributed by atoms with Gasteiger partial charge in [-0.1, -0.05) is 0 Å². The Labute approximate surface area is 134 Å². The maximum Gasteiger partial charge on any atom is 0.150 e. The van der Waals surface area contributed by atoms with Crippen LogP contribution in [0.15, 0.2) is 12.1 Å². The Morgan fingerprint density at radius 1 is 1.26 bits per heavy atom. The molecule has 4 nitrogen and oxygen atoms in total. The van der Waals surface area contributed by atoms with E-state index in [-0.39, 0.29) is 22.6 Å². The van der Waals surface area contributed by atoms with E-state index in [0.717, 1.165) is 37.8 Å². The van der Waals surface area contributed by atoms with Crippen LogP contribution < -0.4 is 5.32 Å². The van der Waals surface area contributed by atoms with E-state index in [1.54, 1.807) is 6.07 Å². The van der Waals surface area contributed by atoms with E-state index in [9.17, 15) is 13.9 Å². The number of hydrogen-bond donors (Lipinski definition) is 2. The number of nitriles is 1. The van der Waals surface area contributed by atoms with E-state index in [4.69, 9.17) is 10.00 Å². The smallest absolute Gasteiger partial charge is 0.150 e. The van der Waals surface area contributed by atoms with E-state index in [2.05, 4.69) is 5.32 Å². The molecule has 6 heteroatoms. The molecule has 3 rings (SSSR count). The Morgan fingerprint density at radius 2 is 1.91 bits per heavy atom. The summed E-state index contributed by atoms with van der Waals surface area (Å²) in [6.07, 6.45) is 2.94. The third-order valence-electron chi connectivity index (χ3n) is 5.29. The van der Waals surface area contributed by atoms with E-state index in [1.807, 2.05) is 0 Å². The molecule has 2 fully saturated rings. The van der Waals surface area contributed by atoms with Gasteiger partial charge in [0.15, 0.2) is 11.6 Å². The van der Waals surface area contributed by atoms with Crippen LogP contribution in [-0.4, -0.2) is 31.0 Å². The summed E-state index contributed by atoms with van der Waals surface area (Å²) in [7, 11) is 0. The number of nitrogens with one attached hydrogen (secondary N) is 1. The molecule has 1 aliphatic heterocycles. The summed E-state index contributed by atoms with van der Waals surface area (Å²) in [4.78, 5) is 0. The number of aliphatic hydroxyl groups is 1. The molecular weight excluding hydrogens is 302 g/mol. The highest BCUT2D eigenvalue weighted by Crippen LogP contribution is 2.48. The van der Waals surface area contributed by atoms with Crippen molar-refractivity contribution < 1.29 is 18.6 Å². The number of halogens is 2. The molecule has 1 aromatic carbocycles. The number of aliphatic hydroxyl groups excluding tert-OH is 1. The van der Waals surface area contributed by atoms with Crippen molar-refractivity contribution in [1.82, 2.24) is 0 Å². The maximum absolute atomic E-state index is 13.9. The lowest BCUT2D eigenvalue weighted by Crippen LogP contribution is -2.40. The molecule has 23 heavy (non-hydrogen) atoms. The van der Waals surface area contributed by atoms with Gasteiger partial charge in [0.1, 0.15) is 5.69 Å². The fourth-order valence-corrected chi connectivity index (χ4v) is 3.86. The minimum Gasteiger partial charge on any atom is -0.392 e. The molecule has 1 spiro atoms. The van der Waals surface area contributed by atoms with Gasteiger partial charge >= 0.3 is 0 Å². The molecule has 1 saturated heterocycles. The first-order chi connectivity index (χ1) is 11.1. The van der Waals surface area contributed by atoms with Gasteiger partial charge in [-0.3, -0.25) is 0 Å². The fraction of sp³-hybridized carbons (Fsp3) is 0.588. The van der Waals surface area contributed by atoms with Crippen molar-refractivity contribution in [3.63, 3.8) is 0 Å². The molecule has 1 heterocycles. The highest BCUT2D eigenvalue weighted by atomic mass is 19.1. The Bertz CT molecular complexity index is 601. The van der Waals surface area contributed by atoms with Crippen LogP contribution in [0.4, 0.5) is 14.5 Å². The molecule has 2 aliphatic rings. The Balaban J connectivity index is 1.67. The molecule has 1 aromatic rings. The first-order valence-corrected chi connectivity index (χ1v) is 7.94. The quantitative estimate of drug-likeness (QED) is 0.898. The Hall–Kier alpha value is -1.71. The Morgan fingerprint density at radius 3 is 2.52 bits per heavy atom. The molecule has 0 aromatic heterocycles. The number of nitrogens with zero attached hydrogens (tertiary/aromatic N) is 1. The number of anilines is 1. The first-order valence-electron chi connectivity index (χ1n) is 7.94. The van der Waals surface area contributed by atoms with Crippen molar-refractivity contribution >= 4 is 5.69 Å². The van der Waals surface area contributed by atoms with Gasteiger partial charge in [0.25, 0.3) is 0 Å². The van der Waals surface area contributed by atoms with Crippen molar-refractivity contribution in [2.45, 2.75) is 31.8 Å². The normalized spacial score (nSPS) is 26.2. The second-order valence-corrected chi connectivity index (χ2v) is 6.53. The van der Waals surface area contributed by atoms with E-state index >= 15 is 0 Å². The number of hydrogen-bond acceptors (Lipinski definition) is 4. The van der Waals surface area contributed by atoms with E-state index in [0.29, 0.717) is 19.8 Å². The van der Waals surface area contributed by atoms with Crippen molar-refractivity contribution in [2.75, 3.05) is 25.1 Å². The molecule has 0 bridgehead atoms. The van der Waals surface area contributed by atoms with Gasteiger partial charge in [0.05, 0.1) is 17.7 Å². The van der Waals surface area contributed by atoms with Gasteiger partial charge in [-0.2, -0.15) is 5.26 Å². The summed E-state index contributed by atoms with van der Waals surface area (Å²) >= 11 is 0. The molecular formula is C17H20F2N2O2. The van der Waals surface area contributed by atoms with E-state index in [1.165, 1.54) is 0 Å². The summed E-state index contributed by atoms with van der Waals surface area (Å²) in [5.74, 6) is -1.60. The molecule has 124 valence electrons. The average molecular weight is 322 g/mol. The zero-order valence-corrected chi connectivity index (χ0v) is 12.8. The van der Waals surface area contributed by atoms with Gasteiger partial charge in [-0.05, 0) is 37.8 Å². The van der Waals surface area contributed by atoms with Crippen molar-refractivity contribution in [2.24, 2.45) is 11.3 Å². The SMILES string of the molecule is N#Cc1cc(F)c(NC[C@@H]2CCC3(CCOCC3)[C@H]2O)c(F)c1. The summed E-state index contributed by atoms with van der Waals surface area (Å²) in [6, 6.07) is 3.74. The first kappa shape index (κ1) is 16.2. The lowest BCUT2D eigenvalue weighted by molar-refractivity contribution is -0.0545. The van der Waals surface area contributed by atoms with Gasteiger partial charge in [-0.15, -0.1) is 0 Å². The third-order valence-corrected chi connectivity index (χ3v) is 5.29. The van der Waals surface area contributed by atoms with Crippen LogP contribution in [0.1, 0.15) is 31.2 Å². The standard InChI is InChI=1S/C17H20F2N2O2/c18-13-7-11(9-20)8-14(19)15(13)21-10-12-1-2-17(16(12)22)3-5-23-6-4-17/h7-8,12,16,21-22H,1-6,10H2/t12-,16-/m0/s1. The fourth-order valence-electron chi connectivity index (χ4n) is 3.86.